The van der Waals surface area contributed by atoms with E-state index in [4.69, 9.17) is 0 Å². The van der Waals surface area contributed by atoms with E-state index in [0.29, 0.717) is 6.04 Å². The standard InChI is InChI=1S/C12H17N5S/c1-16-5-3-15-12(16)10-8-13-2-6-17(10)9-11-14-4-7-18-11/h3-5,7,10,13H,2,6,8-9H2,1H3. The Hall–Kier alpha value is -1.24. The van der Waals surface area contributed by atoms with Gasteiger partial charge in [-0.15, -0.1) is 11.3 Å². The maximum atomic E-state index is 4.48. The summed E-state index contributed by atoms with van der Waals surface area (Å²) in [5, 5.41) is 6.66. The first-order valence-corrected chi connectivity index (χ1v) is 7.03. The largest absolute Gasteiger partial charge is 0.337 e. The van der Waals surface area contributed by atoms with E-state index in [-0.39, 0.29) is 0 Å². The molecule has 96 valence electrons. The molecule has 1 aliphatic rings. The second-order valence-electron chi connectivity index (χ2n) is 4.51. The van der Waals surface area contributed by atoms with Crippen LogP contribution in [0.1, 0.15) is 16.9 Å². The van der Waals surface area contributed by atoms with Crippen molar-refractivity contribution in [3.63, 3.8) is 0 Å². The van der Waals surface area contributed by atoms with E-state index in [0.717, 1.165) is 32.0 Å². The van der Waals surface area contributed by atoms with Gasteiger partial charge in [0.25, 0.3) is 0 Å². The van der Waals surface area contributed by atoms with Gasteiger partial charge in [0.1, 0.15) is 10.8 Å². The zero-order valence-electron chi connectivity index (χ0n) is 10.4. The number of aromatic nitrogens is 3. The Labute approximate surface area is 110 Å². The summed E-state index contributed by atoms with van der Waals surface area (Å²) >= 11 is 1.72. The fraction of sp³-hybridized carbons (Fsp3) is 0.500. The maximum absolute atomic E-state index is 4.48. The lowest BCUT2D eigenvalue weighted by Gasteiger charge is -2.35. The number of hydrogen-bond donors (Lipinski definition) is 1. The lowest BCUT2D eigenvalue weighted by molar-refractivity contribution is 0.144. The molecule has 1 N–H and O–H groups in total. The average molecular weight is 263 g/mol. The second-order valence-corrected chi connectivity index (χ2v) is 5.49. The van der Waals surface area contributed by atoms with Crippen LogP contribution in [-0.4, -0.2) is 39.1 Å². The number of piperazine rings is 1. The fourth-order valence-corrected chi connectivity index (χ4v) is 3.03. The lowest BCUT2D eigenvalue weighted by Crippen LogP contribution is -2.46. The van der Waals surface area contributed by atoms with Crippen LogP contribution < -0.4 is 5.32 Å². The van der Waals surface area contributed by atoms with Crippen molar-refractivity contribution in [2.75, 3.05) is 19.6 Å². The highest BCUT2D eigenvalue weighted by Crippen LogP contribution is 2.23. The molecule has 1 atom stereocenters. The molecule has 2 aromatic rings. The van der Waals surface area contributed by atoms with Crippen molar-refractivity contribution in [1.82, 2.24) is 24.8 Å². The van der Waals surface area contributed by atoms with Gasteiger partial charge in [0, 0.05) is 50.7 Å². The van der Waals surface area contributed by atoms with Gasteiger partial charge in [0.05, 0.1) is 12.6 Å². The van der Waals surface area contributed by atoms with E-state index in [9.17, 15) is 0 Å². The summed E-state index contributed by atoms with van der Waals surface area (Å²) in [6, 6.07) is 0.336. The molecule has 0 spiro atoms. The zero-order valence-corrected chi connectivity index (χ0v) is 11.2. The molecule has 1 aliphatic heterocycles. The van der Waals surface area contributed by atoms with Gasteiger partial charge in [-0.1, -0.05) is 0 Å². The van der Waals surface area contributed by atoms with Gasteiger partial charge in [-0.3, -0.25) is 4.90 Å². The van der Waals surface area contributed by atoms with E-state index in [1.165, 1.54) is 5.01 Å². The molecule has 18 heavy (non-hydrogen) atoms. The second kappa shape index (κ2) is 5.17. The third kappa shape index (κ3) is 2.31. The fourth-order valence-electron chi connectivity index (χ4n) is 2.39. The van der Waals surface area contributed by atoms with Crippen LogP contribution in [0, 0.1) is 0 Å². The highest BCUT2D eigenvalue weighted by Gasteiger charge is 2.27. The molecule has 3 heterocycles. The minimum Gasteiger partial charge on any atom is -0.337 e. The molecule has 1 saturated heterocycles. The van der Waals surface area contributed by atoms with Gasteiger partial charge in [-0.2, -0.15) is 0 Å². The smallest absolute Gasteiger partial charge is 0.127 e. The summed E-state index contributed by atoms with van der Waals surface area (Å²) in [5.41, 5.74) is 0. The third-order valence-electron chi connectivity index (χ3n) is 3.33. The van der Waals surface area contributed by atoms with Crippen molar-refractivity contribution in [1.29, 1.82) is 0 Å². The summed E-state index contributed by atoms with van der Waals surface area (Å²) in [7, 11) is 2.05. The van der Waals surface area contributed by atoms with Crippen molar-refractivity contribution in [3.05, 3.63) is 34.8 Å². The topological polar surface area (TPSA) is 46.0 Å². The van der Waals surface area contributed by atoms with Crippen LogP contribution in [0.15, 0.2) is 24.0 Å². The normalized spacial score (nSPS) is 21.3. The lowest BCUT2D eigenvalue weighted by atomic mass is 10.2. The number of nitrogens with zero attached hydrogens (tertiary/aromatic N) is 4. The summed E-state index contributed by atoms with van der Waals surface area (Å²) in [5.74, 6) is 1.12. The molecule has 0 aliphatic carbocycles. The average Bonchev–Trinajstić information content (AvgIpc) is 3.02. The van der Waals surface area contributed by atoms with Crippen LogP contribution in [0.5, 0.6) is 0 Å². The van der Waals surface area contributed by atoms with Crippen molar-refractivity contribution in [2.24, 2.45) is 7.05 Å². The molecule has 0 radical (unpaired) electrons. The molecule has 1 fully saturated rings. The van der Waals surface area contributed by atoms with Crippen LogP contribution in [-0.2, 0) is 13.6 Å². The molecule has 2 aromatic heterocycles. The Morgan fingerprint density at radius 3 is 3.11 bits per heavy atom. The molecule has 1 unspecified atom stereocenters. The van der Waals surface area contributed by atoms with Gasteiger partial charge < -0.3 is 9.88 Å². The van der Waals surface area contributed by atoms with Crippen LogP contribution in [0.25, 0.3) is 0 Å². The SMILES string of the molecule is Cn1ccnc1C1CNCCN1Cc1nccs1. The minimum absolute atomic E-state index is 0.336. The summed E-state index contributed by atoms with van der Waals surface area (Å²) in [4.78, 5) is 11.3. The first-order chi connectivity index (χ1) is 8.84. The Bertz CT molecular complexity index is 492. The van der Waals surface area contributed by atoms with Crippen molar-refractivity contribution in [2.45, 2.75) is 12.6 Å². The van der Waals surface area contributed by atoms with Crippen LogP contribution in [0.3, 0.4) is 0 Å². The Balaban J connectivity index is 1.80. The van der Waals surface area contributed by atoms with Gasteiger partial charge in [0.15, 0.2) is 0 Å². The highest BCUT2D eigenvalue weighted by molar-refractivity contribution is 7.09. The summed E-state index contributed by atoms with van der Waals surface area (Å²) in [6.07, 6.45) is 5.75. The number of imidazole rings is 1. The molecule has 0 amide bonds. The number of aryl methyl sites for hydroxylation is 1. The molecule has 0 saturated carbocycles. The third-order valence-corrected chi connectivity index (χ3v) is 4.10. The Kier molecular flexibility index (Phi) is 3.40. The van der Waals surface area contributed by atoms with Crippen molar-refractivity contribution >= 4 is 11.3 Å². The Morgan fingerprint density at radius 2 is 2.39 bits per heavy atom. The quantitative estimate of drug-likeness (QED) is 0.898. The van der Waals surface area contributed by atoms with Gasteiger partial charge >= 0.3 is 0 Å². The zero-order chi connectivity index (χ0) is 12.4. The molecular weight excluding hydrogens is 246 g/mol. The minimum atomic E-state index is 0.336. The van der Waals surface area contributed by atoms with E-state index in [1.807, 2.05) is 24.0 Å². The van der Waals surface area contributed by atoms with Crippen molar-refractivity contribution in [3.8, 4) is 0 Å². The number of thiazole rings is 1. The number of nitrogens with one attached hydrogen (secondary N) is 1. The van der Waals surface area contributed by atoms with E-state index >= 15 is 0 Å². The summed E-state index contributed by atoms with van der Waals surface area (Å²) in [6.45, 7) is 3.94. The molecular formula is C12H17N5S. The van der Waals surface area contributed by atoms with Crippen LogP contribution >= 0.6 is 11.3 Å². The van der Waals surface area contributed by atoms with Gasteiger partial charge in [-0.25, -0.2) is 9.97 Å². The van der Waals surface area contributed by atoms with E-state index in [2.05, 4.69) is 31.8 Å². The highest BCUT2D eigenvalue weighted by atomic mass is 32.1. The predicted molar refractivity (Wildman–Crippen MR) is 71.3 cm³/mol. The van der Waals surface area contributed by atoms with Crippen LogP contribution in [0.2, 0.25) is 0 Å². The molecule has 6 heteroatoms. The maximum Gasteiger partial charge on any atom is 0.127 e. The van der Waals surface area contributed by atoms with Crippen molar-refractivity contribution < 1.29 is 0 Å². The van der Waals surface area contributed by atoms with Crippen LogP contribution in [0.4, 0.5) is 0 Å². The number of rotatable bonds is 3. The predicted octanol–water partition coefficient (Wildman–Crippen LogP) is 1.02. The van der Waals surface area contributed by atoms with E-state index in [1.54, 1.807) is 11.3 Å². The van der Waals surface area contributed by atoms with Gasteiger partial charge in [-0.05, 0) is 0 Å². The molecule has 0 bridgehead atoms. The Morgan fingerprint density at radius 1 is 1.44 bits per heavy atom. The summed E-state index contributed by atoms with van der Waals surface area (Å²) < 4.78 is 2.10. The van der Waals surface area contributed by atoms with E-state index < -0.39 is 0 Å². The monoisotopic (exact) mass is 263 g/mol. The molecule has 3 rings (SSSR count). The molecule has 5 nitrogen and oxygen atoms in total. The first-order valence-electron chi connectivity index (χ1n) is 6.15. The first kappa shape index (κ1) is 11.8. The number of hydrogen-bond acceptors (Lipinski definition) is 5. The van der Waals surface area contributed by atoms with Gasteiger partial charge in [0.2, 0.25) is 0 Å². The molecule has 0 aromatic carbocycles.